The van der Waals surface area contributed by atoms with Crippen LogP contribution in [0.5, 0.6) is 0 Å². The maximum absolute atomic E-state index is 11.9. The Balaban J connectivity index is 2.09. The highest BCUT2D eigenvalue weighted by atomic mass is 79.9. The molecular formula is C18H27BrN4O. The first-order valence-corrected chi connectivity index (χ1v) is 9.22. The van der Waals surface area contributed by atoms with Crippen molar-refractivity contribution >= 4 is 27.8 Å². The van der Waals surface area contributed by atoms with Crippen molar-refractivity contribution in [3.63, 3.8) is 0 Å². The highest BCUT2D eigenvalue weighted by Gasteiger charge is 2.19. The summed E-state index contributed by atoms with van der Waals surface area (Å²) in [6.45, 7) is 0.901. The molecule has 0 unspecified atom stereocenters. The predicted octanol–water partition coefficient (Wildman–Crippen LogP) is 2.86. The van der Waals surface area contributed by atoms with Crippen LogP contribution < -0.4 is 5.32 Å². The summed E-state index contributed by atoms with van der Waals surface area (Å²) in [7, 11) is 5.53. The molecule has 5 nitrogen and oxygen atoms in total. The number of halogens is 1. The van der Waals surface area contributed by atoms with Gasteiger partial charge in [0.1, 0.15) is 6.54 Å². The van der Waals surface area contributed by atoms with Crippen LogP contribution in [0, 0.1) is 0 Å². The molecule has 0 aliphatic heterocycles. The fraction of sp³-hybridized carbons (Fsp3) is 0.556. The number of nitrogens with one attached hydrogen (secondary N) is 1. The molecule has 1 fully saturated rings. The van der Waals surface area contributed by atoms with E-state index in [1.54, 1.807) is 19.0 Å². The van der Waals surface area contributed by atoms with Crippen LogP contribution in [0.3, 0.4) is 0 Å². The second kappa shape index (κ2) is 9.06. The van der Waals surface area contributed by atoms with Gasteiger partial charge in [0.25, 0.3) is 0 Å². The summed E-state index contributed by atoms with van der Waals surface area (Å²) in [5, 5.41) is 3.54. The minimum atomic E-state index is 0.00927. The van der Waals surface area contributed by atoms with Gasteiger partial charge in [-0.1, -0.05) is 47.0 Å². The Labute approximate surface area is 153 Å². The summed E-state index contributed by atoms with van der Waals surface area (Å²) in [6, 6.07) is 8.64. The minimum Gasteiger partial charge on any atom is -0.353 e. The monoisotopic (exact) mass is 394 g/mol. The molecule has 1 N–H and O–H groups in total. The van der Waals surface area contributed by atoms with E-state index in [1.165, 1.54) is 31.2 Å². The molecule has 1 aromatic rings. The number of rotatable bonds is 5. The lowest BCUT2D eigenvalue weighted by atomic mass is 10.2. The highest BCUT2D eigenvalue weighted by molar-refractivity contribution is 9.10. The Morgan fingerprint density at radius 3 is 2.54 bits per heavy atom. The Kier molecular flexibility index (Phi) is 7.09. The van der Waals surface area contributed by atoms with E-state index in [0.29, 0.717) is 6.04 Å². The number of amides is 1. The Morgan fingerprint density at radius 2 is 1.92 bits per heavy atom. The number of nitrogens with zero attached hydrogens (tertiary/aromatic N) is 3. The summed E-state index contributed by atoms with van der Waals surface area (Å²) in [6.07, 6.45) is 4.86. The summed E-state index contributed by atoms with van der Waals surface area (Å²) in [4.78, 5) is 20.1. The van der Waals surface area contributed by atoms with Gasteiger partial charge in [-0.2, -0.15) is 0 Å². The van der Waals surface area contributed by atoms with E-state index in [0.717, 1.165) is 17.0 Å². The molecule has 0 heterocycles. The van der Waals surface area contributed by atoms with Crippen molar-refractivity contribution in [2.75, 3.05) is 27.7 Å². The van der Waals surface area contributed by atoms with Crippen LogP contribution in [0.15, 0.2) is 33.7 Å². The number of hydrogen-bond acceptors (Lipinski definition) is 2. The first-order valence-electron chi connectivity index (χ1n) is 8.43. The number of guanidine groups is 1. The number of benzene rings is 1. The van der Waals surface area contributed by atoms with Gasteiger partial charge in [0.15, 0.2) is 5.96 Å². The lowest BCUT2D eigenvalue weighted by Crippen LogP contribution is -2.43. The molecule has 0 aromatic heterocycles. The van der Waals surface area contributed by atoms with Gasteiger partial charge in [-0.25, -0.2) is 4.99 Å². The van der Waals surface area contributed by atoms with Crippen LogP contribution in [-0.2, 0) is 11.3 Å². The third-order valence-electron chi connectivity index (χ3n) is 4.28. The molecule has 0 atom stereocenters. The molecule has 1 aromatic carbocycles. The SMILES string of the molecule is CN(C)C(=O)CN=C(NC1CCCC1)N(C)Cc1ccccc1Br. The fourth-order valence-corrected chi connectivity index (χ4v) is 3.18. The smallest absolute Gasteiger partial charge is 0.243 e. The van der Waals surface area contributed by atoms with E-state index in [4.69, 9.17) is 0 Å². The van der Waals surface area contributed by atoms with E-state index < -0.39 is 0 Å². The molecule has 0 saturated heterocycles. The molecule has 24 heavy (non-hydrogen) atoms. The average molecular weight is 395 g/mol. The third-order valence-corrected chi connectivity index (χ3v) is 5.05. The van der Waals surface area contributed by atoms with E-state index in [-0.39, 0.29) is 12.5 Å². The predicted molar refractivity (Wildman–Crippen MR) is 102 cm³/mol. The zero-order valence-corrected chi connectivity index (χ0v) is 16.3. The molecular weight excluding hydrogens is 368 g/mol. The molecule has 132 valence electrons. The molecule has 1 saturated carbocycles. The molecule has 1 amide bonds. The zero-order chi connectivity index (χ0) is 17.5. The first kappa shape index (κ1) is 18.8. The Hall–Kier alpha value is -1.56. The molecule has 0 radical (unpaired) electrons. The van der Waals surface area contributed by atoms with Gasteiger partial charge >= 0.3 is 0 Å². The van der Waals surface area contributed by atoms with E-state index >= 15 is 0 Å². The highest BCUT2D eigenvalue weighted by Crippen LogP contribution is 2.19. The Bertz CT molecular complexity index is 582. The van der Waals surface area contributed by atoms with Gasteiger partial charge in [0.05, 0.1) is 0 Å². The van der Waals surface area contributed by atoms with Crippen molar-refractivity contribution in [3.05, 3.63) is 34.3 Å². The Morgan fingerprint density at radius 1 is 1.25 bits per heavy atom. The van der Waals surface area contributed by atoms with Crippen molar-refractivity contribution in [2.45, 2.75) is 38.3 Å². The minimum absolute atomic E-state index is 0.00927. The summed E-state index contributed by atoms with van der Waals surface area (Å²) in [5.41, 5.74) is 1.19. The summed E-state index contributed by atoms with van der Waals surface area (Å²) >= 11 is 3.60. The van der Waals surface area contributed by atoms with Crippen LogP contribution in [-0.4, -0.2) is 55.4 Å². The maximum Gasteiger partial charge on any atom is 0.243 e. The number of aliphatic imine (C=N–C) groups is 1. The average Bonchev–Trinajstić information content (AvgIpc) is 3.06. The van der Waals surface area contributed by atoms with Crippen molar-refractivity contribution in [2.24, 2.45) is 4.99 Å². The normalized spacial score (nSPS) is 15.4. The zero-order valence-electron chi connectivity index (χ0n) is 14.8. The van der Waals surface area contributed by atoms with Crippen LogP contribution in [0.2, 0.25) is 0 Å². The van der Waals surface area contributed by atoms with Gasteiger partial charge in [-0.05, 0) is 24.5 Å². The van der Waals surface area contributed by atoms with Gasteiger partial charge in [-0.15, -0.1) is 0 Å². The van der Waals surface area contributed by atoms with E-state index in [2.05, 4.69) is 37.2 Å². The first-order chi connectivity index (χ1) is 11.5. The van der Waals surface area contributed by atoms with Crippen molar-refractivity contribution < 1.29 is 4.79 Å². The van der Waals surface area contributed by atoms with Crippen molar-refractivity contribution in [1.29, 1.82) is 0 Å². The van der Waals surface area contributed by atoms with Crippen molar-refractivity contribution in [1.82, 2.24) is 15.1 Å². The van der Waals surface area contributed by atoms with Crippen LogP contribution in [0.25, 0.3) is 0 Å². The number of carbonyl (C=O) groups is 1. The van der Waals surface area contributed by atoms with E-state index in [1.807, 2.05) is 25.2 Å². The number of carbonyl (C=O) groups excluding carboxylic acids is 1. The third kappa shape index (κ3) is 5.51. The summed E-state index contributed by atoms with van der Waals surface area (Å²) < 4.78 is 1.08. The lowest BCUT2D eigenvalue weighted by Gasteiger charge is -2.26. The number of hydrogen-bond donors (Lipinski definition) is 1. The molecule has 0 spiro atoms. The van der Waals surface area contributed by atoms with Gasteiger partial charge in [0.2, 0.25) is 5.91 Å². The van der Waals surface area contributed by atoms with Gasteiger partial charge in [0, 0.05) is 38.2 Å². The molecule has 2 rings (SSSR count). The van der Waals surface area contributed by atoms with Gasteiger partial charge < -0.3 is 15.1 Å². The second-order valence-electron chi connectivity index (χ2n) is 6.50. The van der Waals surface area contributed by atoms with Crippen LogP contribution in [0.4, 0.5) is 0 Å². The van der Waals surface area contributed by atoms with E-state index in [9.17, 15) is 4.79 Å². The molecule has 1 aliphatic carbocycles. The standard InChI is InChI=1S/C18H27BrN4O/c1-22(2)17(24)12-20-18(21-15-9-5-6-10-15)23(3)13-14-8-4-7-11-16(14)19/h4,7-8,11,15H,5-6,9-10,12-13H2,1-3H3,(H,20,21). The fourth-order valence-electron chi connectivity index (χ4n) is 2.77. The van der Waals surface area contributed by atoms with Crippen LogP contribution >= 0.6 is 15.9 Å². The number of likely N-dealkylation sites (N-methyl/N-ethyl adjacent to an activating group) is 1. The van der Waals surface area contributed by atoms with Gasteiger partial charge in [-0.3, -0.25) is 4.79 Å². The lowest BCUT2D eigenvalue weighted by molar-refractivity contribution is -0.127. The second-order valence-corrected chi connectivity index (χ2v) is 7.36. The van der Waals surface area contributed by atoms with Crippen molar-refractivity contribution in [3.8, 4) is 0 Å². The van der Waals surface area contributed by atoms with Crippen LogP contribution in [0.1, 0.15) is 31.2 Å². The summed E-state index contributed by atoms with van der Waals surface area (Å²) in [5.74, 6) is 0.808. The molecule has 0 bridgehead atoms. The molecule has 6 heteroatoms. The molecule has 1 aliphatic rings. The largest absolute Gasteiger partial charge is 0.353 e. The maximum atomic E-state index is 11.9. The quantitative estimate of drug-likeness (QED) is 0.616. The topological polar surface area (TPSA) is 47.9 Å².